The average Bonchev–Trinajstić information content (AvgIpc) is 3.30. The predicted octanol–water partition coefficient (Wildman–Crippen LogP) is 1.94. The summed E-state index contributed by atoms with van der Waals surface area (Å²) in [6.45, 7) is -0.329. The van der Waals surface area contributed by atoms with E-state index in [1.807, 2.05) is 0 Å². The van der Waals surface area contributed by atoms with Crippen LogP contribution in [0.1, 0.15) is 32.1 Å². The molecule has 0 bridgehead atoms. The molecule has 1 heterocycles. The van der Waals surface area contributed by atoms with Crippen molar-refractivity contribution in [3.05, 3.63) is 28.3 Å². The third-order valence-corrected chi connectivity index (χ3v) is 7.07. The molecule has 1 aliphatic carbocycles. The number of amides is 1. The molecule has 0 unspecified atom stereocenters. The van der Waals surface area contributed by atoms with Crippen molar-refractivity contribution in [1.29, 1.82) is 0 Å². The van der Waals surface area contributed by atoms with Gasteiger partial charge in [-0.05, 0) is 25.3 Å². The van der Waals surface area contributed by atoms with E-state index < -0.39 is 14.8 Å². The second-order valence-corrected chi connectivity index (χ2v) is 9.41. The molecule has 2 fully saturated rings. The fourth-order valence-electron chi connectivity index (χ4n) is 3.99. The van der Waals surface area contributed by atoms with E-state index in [4.69, 9.17) is 9.47 Å². The lowest BCUT2D eigenvalue weighted by atomic mass is 10.1. The molecule has 1 atom stereocenters. The fourth-order valence-corrected chi connectivity index (χ4v) is 5.70. The number of carbonyl (C=O) groups excluding carboxylic acids is 1. The van der Waals surface area contributed by atoms with Gasteiger partial charge in [-0.15, -0.1) is 0 Å². The number of carbonyl (C=O) groups is 1. The maximum Gasteiger partial charge on any atom is 0.273 e. The van der Waals surface area contributed by atoms with Crippen LogP contribution in [0.3, 0.4) is 0 Å². The highest BCUT2D eigenvalue weighted by Crippen LogP contribution is 2.32. The van der Waals surface area contributed by atoms with Gasteiger partial charge in [0.2, 0.25) is 0 Å². The van der Waals surface area contributed by atoms with Gasteiger partial charge < -0.3 is 14.4 Å². The summed E-state index contributed by atoms with van der Waals surface area (Å²) >= 11 is 0. The topological polar surface area (TPSA) is 116 Å². The number of nitrogens with zero attached hydrogens (tertiary/aromatic N) is 2. The lowest BCUT2D eigenvalue weighted by Gasteiger charge is -2.34. The summed E-state index contributed by atoms with van der Waals surface area (Å²) in [7, 11) is -1.72. The maximum atomic E-state index is 13.0. The lowest BCUT2D eigenvalue weighted by Crippen LogP contribution is -2.48. The number of benzene rings is 1. The first-order valence-corrected chi connectivity index (χ1v) is 11.1. The van der Waals surface area contributed by atoms with E-state index in [-0.39, 0.29) is 53.3 Å². The van der Waals surface area contributed by atoms with Gasteiger partial charge in [-0.25, -0.2) is 8.42 Å². The Hall–Kier alpha value is -2.36. The van der Waals surface area contributed by atoms with E-state index in [0.29, 0.717) is 6.42 Å². The zero-order valence-corrected chi connectivity index (χ0v) is 16.5. The Morgan fingerprint density at radius 2 is 1.93 bits per heavy atom. The number of non-ortho nitro benzene ring substituents is 1. The molecule has 10 heteroatoms. The molecule has 0 aromatic heterocycles. The molecule has 3 rings (SSSR count). The van der Waals surface area contributed by atoms with E-state index in [1.165, 1.54) is 25.3 Å². The number of nitro benzene ring substituents is 1. The number of methoxy groups -OCH3 is 1. The number of rotatable bonds is 7. The molecular formula is C18H24N2O7S. The molecule has 9 nitrogen and oxygen atoms in total. The van der Waals surface area contributed by atoms with Crippen molar-refractivity contribution >= 4 is 21.4 Å². The number of hydrogen-bond acceptors (Lipinski definition) is 7. The molecule has 2 aliphatic rings. The van der Waals surface area contributed by atoms with Crippen molar-refractivity contribution in [2.45, 2.75) is 44.2 Å². The van der Waals surface area contributed by atoms with Crippen molar-refractivity contribution in [2.24, 2.45) is 0 Å². The smallest absolute Gasteiger partial charge is 0.273 e. The normalized spacial score (nSPS) is 21.4. The van der Waals surface area contributed by atoms with Crippen molar-refractivity contribution in [3.63, 3.8) is 0 Å². The van der Waals surface area contributed by atoms with Gasteiger partial charge in [0.1, 0.15) is 0 Å². The predicted molar refractivity (Wildman–Crippen MR) is 101 cm³/mol. The highest BCUT2D eigenvalue weighted by atomic mass is 32.2. The first kappa shape index (κ1) is 20.4. The molecule has 1 aromatic rings. The Balaban J connectivity index is 1.75. The Labute approximate surface area is 163 Å². The minimum absolute atomic E-state index is 0.0152. The van der Waals surface area contributed by atoms with Gasteiger partial charge >= 0.3 is 0 Å². The van der Waals surface area contributed by atoms with Gasteiger partial charge in [-0.2, -0.15) is 0 Å². The second kappa shape index (κ2) is 8.34. The average molecular weight is 412 g/mol. The minimum atomic E-state index is -3.13. The van der Waals surface area contributed by atoms with Crippen LogP contribution in [0, 0.1) is 10.1 Å². The number of sulfone groups is 1. The van der Waals surface area contributed by atoms with Crippen LogP contribution in [0.4, 0.5) is 5.69 Å². The largest absolute Gasteiger partial charge is 0.493 e. The van der Waals surface area contributed by atoms with Crippen LogP contribution in [-0.2, 0) is 14.6 Å². The van der Waals surface area contributed by atoms with E-state index >= 15 is 0 Å². The summed E-state index contributed by atoms with van der Waals surface area (Å²) in [5.41, 5.74) is -0.169. The Kier molecular flexibility index (Phi) is 6.07. The molecule has 1 saturated carbocycles. The van der Waals surface area contributed by atoms with Gasteiger partial charge in [0.15, 0.2) is 27.9 Å². The van der Waals surface area contributed by atoms with Gasteiger partial charge in [-0.3, -0.25) is 14.9 Å². The highest BCUT2D eigenvalue weighted by molar-refractivity contribution is 7.91. The molecule has 1 aliphatic heterocycles. The molecular weight excluding hydrogens is 388 g/mol. The molecule has 1 saturated heterocycles. The molecule has 0 spiro atoms. The fraction of sp³-hybridized carbons (Fsp3) is 0.611. The van der Waals surface area contributed by atoms with E-state index in [9.17, 15) is 23.3 Å². The molecule has 1 aromatic carbocycles. The number of hydrogen-bond donors (Lipinski definition) is 0. The van der Waals surface area contributed by atoms with Crippen molar-refractivity contribution in [2.75, 3.05) is 25.2 Å². The van der Waals surface area contributed by atoms with Crippen molar-refractivity contribution in [3.8, 4) is 11.5 Å². The van der Waals surface area contributed by atoms with Gasteiger partial charge in [0, 0.05) is 18.2 Å². The summed E-state index contributed by atoms with van der Waals surface area (Å²) in [6.07, 6.45) is 4.15. The summed E-state index contributed by atoms with van der Waals surface area (Å²) in [6, 6.07) is 3.60. The molecule has 0 N–H and O–H groups in total. The summed E-state index contributed by atoms with van der Waals surface area (Å²) in [5.74, 6) is 0.163. The molecule has 28 heavy (non-hydrogen) atoms. The first-order valence-electron chi connectivity index (χ1n) is 9.27. The maximum absolute atomic E-state index is 13.0. The van der Waals surface area contributed by atoms with Gasteiger partial charge in [0.05, 0.1) is 29.6 Å². The summed E-state index contributed by atoms with van der Waals surface area (Å²) in [4.78, 5) is 25.1. The zero-order chi connectivity index (χ0) is 20.3. The van der Waals surface area contributed by atoms with Gasteiger partial charge in [0.25, 0.3) is 11.6 Å². The van der Waals surface area contributed by atoms with Crippen molar-refractivity contribution in [1.82, 2.24) is 4.90 Å². The van der Waals surface area contributed by atoms with Crippen LogP contribution in [0.5, 0.6) is 11.5 Å². The van der Waals surface area contributed by atoms with Crippen LogP contribution in [0.2, 0.25) is 0 Å². The quantitative estimate of drug-likeness (QED) is 0.496. The van der Waals surface area contributed by atoms with E-state index in [2.05, 4.69) is 0 Å². The lowest BCUT2D eigenvalue weighted by molar-refractivity contribution is -0.385. The Bertz CT molecular complexity index is 849. The van der Waals surface area contributed by atoms with Crippen LogP contribution in [-0.4, -0.2) is 61.5 Å². The number of nitro groups is 1. The third-order valence-electron chi connectivity index (χ3n) is 5.32. The van der Waals surface area contributed by atoms with Crippen LogP contribution in [0.15, 0.2) is 18.2 Å². The van der Waals surface area contributed by atoms with Crippen LogP contribution < -0.4 is 9.47 Å². The van der Waals surface area contributed by atoms with Crippen molar-refractivity contribution < 1.29 is 27.6 Å². The monoisotopic (exact) mass is 412 g/mol. The van der Waals surface area contributed by atoms with Crippen LogP contribution >= 0.6 is 0 Å². The highest BCUT2D eigenvalue weighted by Gasteiger charge is 2.39. The van der Waals surface area contributed by atoms with E-state index in [0.717, 1.165) is 25.7 Å². The van der Waals surface area contributed by atoms with Crippen LogP contribution in [0.25, 0.3) is 0 Å². The number of ether oxygens (including phenoxy) is 2. The molecule has 0 radical (unpaired) electrons. The summed E-state index contributed by atoms with van der Waals surface area (Å²) < 4.78 is 34.5. The second-order valence-electron chi connectivity index (χ2n) is 7.18. The SMILES string of the molecule is COc1ccc([N+](=O)[O-])cc1OCC(=O)N(C1CCCC1)[C@@H]1CCS(=O)(=O)C1. The van der Waals surface area contributed by atoms with E-state index in [1.54, 1.807) is 4.90 Å². The Morgan fingerprint density at radius 1 is 1.21 bits per heavy atom. The minimum Gasteiger partial charge on any atom is -0.493 e. The van der Waals surface area contributed by atoms with Gasteiger partial charge in [-0.1, -0.05) is 12.8 Å². The summed E-state index contributed by atoms with van der Waals surface area (Å²) in [5, 5.41) is 11.0. The standard InChI is InChI=1S/C18H24N2O7S/c1-26-16-7-6-14(20(22)23)10-17(16)27-11-18(21)19(13-4-2-3-5-13)15-8-9-28(24,25)12-15/h6-7,10,13,15H,2-5,8-9,11-12H2,1H3/t15-/m1/s1. The molecule has 154 valence electrons. The molecule has 1 amide bonds. The Morgan fingerprint density at radius 3 is 2.50 bits per heavy atom. The zero-order valence-electron chi connectivity index (χ0n) is 15.7. The first-order chi connectivity index (χ1) is 13.3. The third kappa shape index (κ3) is 4.54.